The SMILES string of the molecule is C=C(/C=C(\C(C)=C/C)c1cccc(C(=O)OC(C)(C)C)c1)NC(=O)C1(c2ccc3c(c2)OC(F)(F)O3)CC1. The van der Waals surface area contributed by atoms with Crippen LogP contribution in [0, 0.1) is 0 Å². The third kappa shape index (κ3) is 5.79. The number of hydrogen-bond donors (Lipinski definition) is 1. The van der Waals surface area contributed by atoms with E-state index in [0.717, 1.165) is 16.7 Å². The number of esters is 1. The summed E-state index contributed by atoms with van der Waals surface area (Å²) in [5.41, 5.74) is 2.30. The van der Waals surface area contributed by atoms with E-state index in [2.05, 4.69) is 21.4 Å². The number of rotatable bonds is 7. The summed E-state index contributed by atoms with van der Waals surface area (Å²) in [5, 5.41) is 2.86. The summed E-state index contributed by atoms with van der Waals surface area (Å²) < 4.78 is 41.4. The number of alkyl halides is 2. The van der Waals surface area contributed by atoms with Crippen molar-refractivity contribution in [2.24, 2.45) is 0 Å². The molecule has 0 aromatic heterocycles. The third-order valence-electron chi connectivity index (χ3n) is 6.40. The van der Waals surface area contributed by atoms with Gasteiger partial charge >= 0.3 is 12.3 Å². The summed E-state index contributed by atoms with van der Waals surface area (Å²) in [4.78, 5) is 25.9. The van der Waals surface area contributed by atoms with Gasteiger partial charge in [0.2, 0.25) is 5.91 Å². The van der Waals surface area contributed by atoms with Gasteiger partial charge < -0.3 is 19.5 Å². The number of ether oxygens (including phenoxy) is 3. The van der Waals surface area contributed by atoms with Crippen LogP contribution in [-0.4, -0.2) is 23.8 Å². The van der Waals surface area contributed by atoms with E-state index in [0.29, 0.717) is 29.7 Å². The van der Waals surface area contributed by atoms with Crippen LogP contribution in [0.5, 0.6) is 11.5 Å². The Kier molecular flexibility index (Phi) is 6.95. The number of hydrogen-bond acceptors (Lipinski definition) is 5. The predicted molar refractivity (Wildman–Crippen MR) is 140 cm³/mol. The molecule has 1 aliphatic heterocycles. The molecule has 0 saturated heterocycles. The van der Waals surface area contributed by atoms with Gasteiger partial charge in [0, 0.05) is 5.70 Å². The maximum absolute atomic E-state index is 13.4. The summed E-state index contributed by atoms with van der Waals surface area (Å²) in [6.07, 6.45) is 1.07. The Bertz CT molecular complexity index is 1360. The highest BCUT2D eigenvalue weighted by Crippen LogP contribution is 2.52. The van der Waals surface area contributed by atoms with Crippen molar-refractivity contribution in [1.29, 1.82) is 0 Å². The molecule has 1 N–H and O–H groups in total. The van der Waals surface area contributed by atoms with Crippen LogP contribution in [0.4, 0.5) is 8.78 Å². The van der Waals surface area contributed by atoms with E-state index in [9.17, 15) is 18.4 Å². The van der Waals surface area contributed by atoms with Gasteiger partial charge in [0.25, 0.3) is 0 Å². The number of allylic oxidation sites excluding steroid dienone is 4. The molecule has 0 atom stereocenters. The predicted octanol–water partition coefficient (Wildman–Crippen LogP) is 6.67. The molecule has 0 radical (unpaired) electrons. The molecule has 2 aromatic carbocycles. The second kappa shape index (κ2) is 9.74. The summed E-state index contributed by atoms with van der Waals surface area (Å²) in [5.74, 6) is -0.881. The van der Waals surface area contributed by atoms with Gasteiger partial charge in [-0.25, -0.2) is 4.79 Å². The molecule has 2 aliphatic rings. The minimum absolute atomic E-state index is 0.0672. The maximum Gasteiger partial charge on any atom is 0.586 e. The summed E-state index contributed by atoms with van der Waals surface area (Å²) in [7, 11) is 0. The lowest BCUT2D eigenvalue weighted by molar-refractivity contribution is -0.286. The minimum Gasteiger partial charge on any atom is -0.456 e. The number of halogens is 2. The standard InChI is InChI=1S/C30H31F2NO5/c1-7-18(2)23(20-9-8-10-21(16-20)26(34)38-28(4,5)6)15-19(3)33-27(35)29(13-14-29)22-11-12-24-25(17-22)37-30(31,32)36-24/h7-12,15-17H,3,13-14H2,1-2,4-6H3,(H,33,35)/b18-7-,23-15+. The first-order chi connectivity index (χ1) is 17.7. The first-order valence-corrected chi connectivity index (χ1v) is 12.3. The van der Waals surface area contributed by atoms with Crippen LogP contribution >= 0.6 is 0 Å². The fourth-order valence-corrected chi connectivity index (χ4v) is 4.23. The summed E-state index contributed by atoms with van der Waals surface area (Å²) >= 11 is 0. The first-order valence-electron chi connectivity index (χ1n) is 12.3. The Balaban J connectivity index is 1.55. The molecular weight excluding hydrogens is 492 g/mol. The average Bonchev–Trinajstić information content (AvgIpc) is 3.58. The Morgan fingerprint density at radius 3 is 2.34 bits per heavy atom. The molecule has 38 heavy (non-hydrogen) atoms. The zero-order valence-corrected chi connectivity index (χ0v) is 22.1. The van der Waals surface area contributed by atoms with Crippen LogP contribution in [0.1, 0.15) is 68.9 Å². The van der Waals surface area contributed by atoms with Gasteiger partial charge in [-0.3, -0.25) is 4.79 Å². The largest absolute Gasteiger partial charge is 0.586 e. The zero-order chi connectivity index (χ0) is 27.9. The molecular formula is C30H31F2NO5. The fourth-order valence-electron chi connectivity index (χ4n) is 4.23. The Labute approximate surface area is 221 Å². The molecule has 8 heteroatoms. The molecule has 4 rings (SSSR count). The second-order valence-corrected chi connectivity index (χ2v) is 10.5. The minimum atomic E-state index is -3.72. The Morgan fingerprint density at radius 1 is 1.05 bits per heavy atom. The van der Waals surface area contributed by atoms with Gasteiger partial charge in [0.05, 0.1) is 11.0 Å². The molecule has 1 heterocycles. The fraction of sp³-hybridized carbons (Fsp3) is 0.333. The van der Waals surface area contributed by atoms with Crippen molar-refractivity contribution in [2.45, 2.75) is 64.8 Å². The summed E-state index contributed by atoms with van der Waals surface area (Å²) in [6, 6.07) is 11.5. The van der Waals surface area contributed by atoms with E-state index in [1.54, 1.807) is 30.3 Å². The number of carbonyl (C=O) groups is 2. The quantitative estimate of drug-likeness (QED) is 0.324. The molecule has 1 saturated carbocycles. The highest BCUT2D eigenvalue weighted by atomic mass is 19.3. The van der Waals surface area contributed by atoms with Gasteiger partial charge in [-0.2, -0.15) is 0 Å². The van der Waals surface area contributed by atoms with Gasteiger partial charge in [0.15, 0.2) is 11.5 Å². The highest BCUT2D eigenvalue weighted by Gasteiger charge is 2.52. The van der Waals surface area contributed by atoms with Crippen LogP contribution in [0.2, 0.25) is 0 Å². The van der Waals surface area contributed by atoms with E-state index >= 15 is 0 Å². The van der Waals surface area contributed by atoms with Gasteiger partial charge in [-0.05, 0) is 100 Å². The Morgan fingerprint density at radius 2 is 1.71 bits per heavy atom. The topological polar surface area (TPSA) is 73.9 Å². The van der Waals surface area contributed by atoms with Gasteiger partial charge in [-0.1, -0.05) is 30.9 Å². The molecule has 1 aliphatic carbocycles. The average molecular weight is 524 g/mol. The molecule has 200 valence electrons. The number of carbonyl (C=O) groups excluding carboxylic acids is 2. The molecule has 0 unspecified atom stereocenters. The lowest BCUT2D eigenvalue weighted by Crippen LogP contribution is -2.33. The van der Waals surface area contributed by atoms with Crippen molar-refractivity contribution in [3.63, 3.8) is 0 Å². The van der Waals surface area contributed by atoms with Crippen LogP contribution in [0.3, 0.4) is 0 Å². The zero-order valence-electron chi connectivity index (χ0n) is 22.1. The van der Waals surface area contributed by atoms with Crippen LogP contribution in [0.25, 0.3) is 5.57 Å². The lowest BCUT2D eigenvalue weighted by atomic mass is 9.93. The van der Waals surface area contributed by atoms with Crippen molar-refractivity contribution in [3.8, 4) is 11.5 Å². The number of fused-ring (bicyclic) bond motifs is 1. The molecule has 1 amide bonds. The number of benzene rings is 2. The third-order valence-corrected chi connectivity index (χ3v) is 6.40. The van der Waals surface area contributed by atoms with Crippen LogP contribution in [0.15, 0.2) is 72.5 Å². The second-order valence-electron chi connectivity index (χ2n) is 10.5. The monoisotopic (exact) mass is 523 g/mol. The maximum atomic E-state index is 13.4. The Hall–Kier alpha value is -3.94. The number of amides is 1. The molecule has 6 nitrogen and oxygen atoms in total. The number of nitrogens with one attached hydrogen (secondary N) is 1. The van der Waals surface area contributed by atoms with Crippen molar-refractivity contribution >= 4 is 17.4 Å². The first kappa shape index (κ1) is 27.1. The van der Waals surface area contributed by atoms with E-state index in [4.69, 9.17) is 4.74 Å². The highest BCUT2D eigenvalue weighted by molar-refractivity contribution is 5.94. The van der Waals surface area contributed by atoms with Crippen molar-refractivity contribution in [3.05, 3.63) is 89.2 Å². The smallest absolute Gasteiger partial charge is 0.456 e. The van der Waals surface area contributed by atoms with E-state index in [-0.39, 0.29) is 17.4 Å². The van der Waals surface area contributed by atoms with E-state index in [1.807, 2.05) is 46.8 Å². The molecule has 2 aromatic rings. The summed E-state index contributed by atoms with van der Waals surface area (Å²) in [6.45, 7) is 13.3. The van der Waals surface area contributed by atoms with Crippen molar-refractivity contribution in [1.82, 2.24) is 5.32 Å². The molecule has 1 fully saturated rings. The lowest BCUT2D eigenvalue weighted by Gasteiger charge is -2.20. The van der Waals surface area contributed by atoms with Crippen molar-refractivity contribution < 1.29 is 32.6 Å². The van der Waals surface area contributed by atoms with Gasteiger partial charge in [0.1, 0.15) is 5.60 Å². The van der Waals surface area contributed by atoms with E-state index in [1.165, 1.54) is 12.1 Å². The molecule has 0 spiro atoms. The molecule has 0 bridgehead atoms. The van der Waals surface area contributed by atoms with Crippen molar-refractivity contribution in [2.75, 3.05) is 0 Å². The van der Waals surface area contributed by atoms with Gasteiger partial charge in [-0.15, -0.1) is 8.78 Å². The normalized spacial score (nSPS) is 17.6. The van der Waals surface area contributed by atoms with Crippen LogP contribution in [-0.2, 0) is 14.9 Å². The van der Waals surface area contributed by atoms with E-state index < -0.39 is 23.3 Å². The van der Waals surface area contributed by atoms with Crippen LogP contribution < -0.4 is 14.8 Å².